The van der Waals surface area contributed by atoms with Gasteiger partial charge in [-0.05, 0) is 11.8 Å². The summed E-state index contributed by atoms with van der Waals surface area (Å²) in [6.45, 7) is 13.6. The van der Waals surface area contributed by atoms with Crippen molar-refractivity contribution in [2.75, 3.05) is 0 Å². The second-order valence-electron chi connectivity index (χ2n) is 7.36. The fraction of sp³-hybridized carbons (Fsp3) is 0.350. The van der Waals surface area contributed by atoms with Crippen LogP contribution < -0.4 is 5.19 Å². The third-order valence-electron chi connectivity index (χ3n) is 3.80. The van der Waals surface area contributed by atoms with Crippen molar-refractivity contribution in [1.82, 2.24) is 0 Å². The van der Waals surface area contributed by atoms with E-state index in [0.29, 0.717) is 0 Å². The van der Waals surface area contributed by atoms with Crippen molar-refractivity contribution in [3.63, 3.8) is 0 Å². The van der Waals surface area contributed by atoms with Gasteiger partial charge < -0.3 is 19.8 Å². The van der Waals surface area contributed by atoms with Crippen molar-refractivity contribution in [2.24, 2.45) is 0 Å². The largest absolute Gasteiger partial charge is 0.663 e. The number of benzene rings is 1. The number of fused-ring (bicyclic) bond motifs is 3. The zero-order valence-electron chi connectivity index (χ0n) is 16.2. The standard InChI is InChI=1S/C18H23NSSi.2CH3.Ti/c1-12-11-15-13-9-7-8-10-14(13)17(16(15)20-12)21(5,6)19-18(2,3)4;;;/h7-11H,1-6H3;2*1H3;/q-2;2*-1;. The van der Waals surface area contributed by atoms with Gasteiger partial charge in [0, 0.05) is 21.7 Å². The van der Waals surface area contributed by atoms with Crippen molar-refractivity contribution < 1.29 is 21.7 Å². The predicted molar refractivity (Wildman–Crippen MR) is 113 cm³/mol. The fourth-order valence-corrected chi connectivity index (χ4v) is 8.71. The first-order chi connectivity index (χ1) is 9.69. The van der Waals surface area contributed by atoms with Crippen molar-refractivity contribution in [2.45, 2.75) is 46.3 Å². The van der Waals surface area contributed by atoms with Crippen LogP contribution in [0.4, 0.5) is 0 Å². The van der Waals surface area contributed by atoms with Gasteiger partial charge in [-0.3, -0.25) is 0 Å². The first-order valence-electron chi connectivity index (χ1n) is 7.51. The maximum absolute atomic E-state index is 5.24. The molecule has 0 unspecified atom stereocenters. The maximum Gasteiger partial charge on any atom is 0 e. The molecule has 24 heavy (non-hydrogen) atoms. The normalized spacial score (nSPS) is 11.8. The van der Waals surface area contributed by atoms with Crippen LogP contribution in [-0.4, -0.2) is 13.8 Å². The van der Waals surface area contributed by atoms with E-state index in [2.05, 4.69) is 71.1 Å². The van der Waals surface area contributed by atoms with Gasteiger partial charge in [-0.2, -0.15) is 11.3 Å². The zero-order valence-corrected chi connectivity index (χ0v) is 19.6. The summed E-state index contributed by atoms with van der Waals surface area (Å²) in [5.74, 6) is 0. The average molecular weight is 391 g/mol. The number of rotatable bonds is 2. The van der Waals surface area contributed by atoms with Crippen LogP contribution in [0, 0.1) is 21.8 Å². The predicted octanol–water partition coefficient (Wildman–Crippen LogP) is 6.56. The summed E-state index contributed by atoms with van der Waals surface area (Å²) in [6.07, 6.45) is 0. The monoisotopic (exact) mass is 391 g/mol. The molecule has 0 atom stereocenters. The van der Waals surface area contributed by atoms with E-state index in [9.17, 15) is 0 Å². The topological polar surface area (TPSA) is 14.1 Å². The van der Waals surface area contributed by atoms with Gasteiger partial charge in [-0.15, -0.1) is 45.1 Å². The summed E-state index contributed by atoms with van der Waals surface area (Å²) >= 11 is 1.93. The van der Waals surface area contributed by atoms with Gasteiger partial charge in [0.1, 0.15) is 0 Å². The minimum atomic E-state index is -1.84. The molecule has 0 aliphatic carbocycles. The molecule has 0 saturated heterocycles. The van der Waals surface area contributed by atoms with Crippen LogP contribution in [0.3, 0.4) is 0 Å². The second kappa shape index (κ2) is 7.92. The van der Waals surface area contributed by atoms with Crippen LogP contribution in [0.1, 0.15) is 25.6 Å². The van der Waals surface area contributed by atoms with E-state index in [1.807, 2.05) is 11.3 Å². The number of aryl methyl sites for hydroxylation is 1. The van der Waals surface area contributed by atoms with Crippen LogP contribution in [0.25, 0.3) is 25.8 Å². The van der Waals surface area contributed by atoms with Gasteiger partial charge in [-0.1, -0.05) is 58.9 Å². The number of thiophene rings is 1. The van der Waals surface area contributed by atoms with Gasteiger partial charge in [0.15, 0.2) is 0 Å². The molecule has 0 N–H and O–H groups in total. The van der Waals surface area contributed by atoms with E-state index in [1.54, 1.807) is 0 Å². The summed E-state index contributed by atoms with van der Waals surface area (Å²) in [5.41, 5.74) is 0.0206. The van der Waals surface area contributed by atoms with E-state index >= 15 is 0 Å². The second-order valence-corrected chi connectivity index (χ2v) is 12.5. The Morgan fingerprint density at radius 3 is 2.21 bits per heavy atom. The summed E-state index contributed by atoms with van der Waals surface area (Å²) in [4.78, 5) is 6.63. The Bertz CT molecular complexity index is 808. The molecular weight excluding hydrogens is 362 g/mol. The van der Waals surface area contributed by atoms with E-state index in [1.165, 1.54) is 30.9 Å². The van der Waals surface area contributed by atoms with Crippen molar-refractivity contribution in [3.8, 4) is 0 Å². The molecule has 0 bridgehead atoms. The quantitative estimate of drug-likeness (QED) is 0.347. The van der Waals surface area contributed by atoms with E-state index in [-0.39, 0.29) is 42.1 Å². The van der Waals surface area contributed by atoms with Crippen molar-refractivity contribution in [3.05, 3.63) is 55.0 Å². The Kier molecular flexibility index (Phi) is 7.82. The molecular formula is C20H29NSSiTi-4. The van der Waals surface area contributed by atoms with Crippen LogP contribution >= 0.6 is 11.3 Å². The Labute approximate surface area is 168 Å². The van der Waals surface area contributed by atoms with Crippen molar-refractivity contribution in [1.29, 1.82) is 0 Å². The Morgan fingerprint density at radius 2 is 1.62 bits per heavy atom. The molecule has 3 rings (SSSR count). The molecule has 0 radical (unpaired) electrons. The molecule has 0 fully saturated rings. The minimum Gasteiger partial charge on any atom is -0.663 e. The first kappa shape index (κ1) is 23.7. The van der Waals surface area contributed by atoms with Gasteiger partial charge in [0.05, 0.1) is 0 Å². The fourth-order valence-electron chi connectivity index (χ4n) is 3.46. The molecule has 0 spiro atoms. The molecule has 1 aromatic heterocycles. The number of hydrogen-bond donors (Lipinski definition) is 0. The molecule has 0 aliphatic rings. The molecule has 0 saturated carbocycles. The van der Waals surface area contributed by atoms with Crippen molar-refractivity contribution >= 4 is 45.6 Å². The zero-order chi connectivity index (χ0) is 15.4. The summed E-state index contributed by atoms with van der Waals surface area (Å²) in [6, 6.07) is 11.2. The van der Waals surface area contributed by atoms with Crippen LogP contribution in [0.5, 0.6) is 0 Å². The van der Waals surface area contributed by atoms with E-state index in [0.717, 1.165) is 0 Å². The summed E-state index contributed by atoms with van der Waals surface area (Å²) < 4.78 is 1.47. The van der Waals surface area contributed by atoms with Gasteiger partial charge in [-0.25, -0.2) is 0 Å². The van der Waals surface area contributed by atoms with Crippen LogP contribution in [0.2, 0.25) is 13.1 Å². The van der Waals surface area contributed by atoms with Gasteiger partial charge >= 0.3 is 0 Å². The maximum atomic E-state index is 5.24. The Morgan fingerprint density at radius 1 is 1.04 bits per heavy atom. The third kappa shape index (κ3) is 4.26. The molecule has 4 heteroatoms. The van der Waals surface area contributed by atoms with Crippen LogP contribution in [0.15, 0.2) is 30.3 Å². The molecule has 1 nitrogen and oxygen atoms in total. The minimum absolute atomic E-state index is 0. The smallest absolute Gasteiger partial charge is 0 e. The van der Waals surface area contributed by atoms with Gasteiger partial charge in [0.25, 0.3) is 0 Å². The first-order valence-corrected chi connectivity index (χ1v) is 11.3. The summed E-state index contributed by atoms with van der Waals surface area (Å²) in [5, 5.41) is 5.77. The molecule has 2 aromatic carbocycles. The molecule has 132 valence electrons. The number of hydrogen-bond acceptors (Lipinski definition) is 1. The SMILES string of the molecule is Cc1cc2c3ccccc3[c-]([Si](C)(C)[N-]C(C)(C)C)c2s1.[CH3-].[CH3-].[Ti]. The number of nitrogens with zero attached hydrogens (tertiary/aromatic N) is 1. The van der Waals surface area contributed by atoms with E-state index in [4.69, 9.17) is 4.98 Å². The van der Waals surface area contributed by atoms with Gasteiger partial charge in [0.2, 0.25) is 0 Å². The molecule has 3 aromatic rings. The Balaban J connectivity index is 0.00000176. The van der Waals surface area contributed by atoms with Crippen LogP contribution in [-0.2, 0) is 21.7 Å². The molecule has 1 heterocycles. The third-order valence-corrected chi connectivity index (χ3v) is 8.02. The summed E-state index contributed by atoms with van der Waals surface area (Å²) in [7, 11) is -1.84. The Hall–Kier alpha value is -0.319. The average Bonchev–Trinajstić information content (AvgIpc) is 2.80. The molecule has 0 amide bonds. The van der Waals surface area contributed by atoms with E-state index < -0.39 is 8.24 Å². The molecule has 0 aliphatic heterocycles.